The second-order valence-electron chi connectivity index (χ2n) is 11.1. The molecule has 0 aromatic heterocycles. The van der Waals surface area contributed by atoms with Gasteiger partial charge in [0.25, 0.3) is 0 Å². The molecule has 2 saturated carbocycles. The molecule has 0 aromatic rings. The van der Waals surface area contributed by atoms with Crippen LogP contribution in [-0.2, 0) is 28.5 Å². The predicted octanol–water partition coefficient (Wildman–Crippen LogP) is 3.23. The van der Waals surface area contributed by atoms with Crippen LogP contribution in [0.5, 0.6) is 0 Å². The molecule has 1 unspecified atom stereocenters. The number of cyclic esters (lactones) is 1. The number of fused-ring (bicyclic) bond motifs is 4. The van der Waals surface area contributed by atoms with Gasteiger partial charge < -0.3 is 23.7 Å². The van der Waals surface area contributed by atoms with Gasteiger partial charge in [0.15, 0.2) is 5.60 Å². The fourth-order valence-corrected chi connectivity index (χ4v) is 8.90. The van der Waals surface area contributed by atoms with Gasteiger partial charge in [-0.25, -0.2) is 4.79 Å². The number of hydrogen-bond donors (Lipinski definition) is 0. The lowest BCUT2D eigenvalue weighted by atomic mass is 9.46. The van der Waals surface area contributed by atoms with E-state index in [0.717, 1.165) is 31.3 Å². The van der Waals surface area contributed by atoms with E-state index in [9.17, 15) is 4.79 Å². The Morgan fingerprint density at radius 1 is 1.23 bits per heavy atom. The molecule has 7 heteroatoms. The summed E-state index contributed by atoms with van der Waals surface area (Å²) in [6.45, 7) is 9.47. The maximum absolute atomic E-state index is 12.3. The number of hydrogen-bond acceptors (Lipinski definition) is 7. The summed E-state index contributed by atoms with van der Waals surface area (Å²) in [7, 11) is 0. The molecule has 7 rings (SSSR count). The van der Waals surface area contributed by atoms with Crippen LogP contribution in [0.15, 0.2) is 11.1 Å². The quantitative estimate of drug-likeness (QED) is 0.363. The highest BCUT2D eigenvalue weighted by molar-refractivity contribution is 7.99. The molecule has 4 heterocycles. The molecule has 0 aromatic carbocycles. The third kappa shape index (κ3) is 1.91. The molecule has 0 N–H and O–H groups in total. The summed E-state index contributed by atoms with van der Waals surface area (Å²) in [4.78, 5) is 12.3. The molecule has 4 aliphatic heterocycles. The first kappa shape index (κ1) is 19.8. The molecule has 7 aliphatic rings. The maximum Gasteiger partial charge on any atom is 0.334 e. The van der Waals surface area contributed by atoms with Gasteiger partial charge in [-0.05, 0) is 49.3 Å². The van der Waals surface area contributed by atoms with Crippen LogP contribution in [0.3, 0.4) is 0 Å². The Morgan fingerprint density at radius 2 is 2.03 bits per heavy atom. The van der Waals surface area contributed by atoms with E-state index in [1.165, 1.54) is 5.57 Å². The number of rotatable bonds is 5. The third-order valence-corrected chi connectivity index (χ3v) is 10.9. The van der Waals surface area contributed by atoms with Crippen molar-refractivity contribution < 1.29 is 28.5 Å². The smallest absolute Gasteiger partial charge is 0.334 e. The van der Waals surface area contributed by atoms with Crippen molar-refractivity contribution in [2.75, 3.05) is 12.9 Å². The van der Waals surface area contributed by atoms with Crippen molar-refractivity contribution in [3.05, 3.63) is 11.1 Å². The van der Waals surface area contributed by atoms with Gasteiger partial charge in [-0.1, -0.05) is 27.7 Å². The van der Waals surface area contributed by atoms with Crippen LogP contribution in [0.1, 0.15) is 53.4 Å². The van der Waals surface area contributed by atoms with E-state index in [-0.39, 0.29) is 52.8 Å². The van der Waals surface area contributed by atoms with Gasteiger partial charge in [0.1, 0.15) is 41.6 Å². The number of carbonyl (C=O) groups is 1. The molecule has 10 atom stereocenters. The summed E-state index contributed by atoms with van der Waals surface area (Å²) in [5.74, 6) is 0.480. The molecule has 0 amide bonds. The van der Waals surface area contributed by atoms with Crippen LogP contribution in [0.2, 0.25) is 0 Å². The second kappa shape index (κ2) is 5.72. The Hall–Kier alpha value is -0.600. The molecule has 2 spiro atoms. The van der Waals surface area contributed by atoms with Gasteiger partial charge in [0.05, 0.1) is 6.10 Å². The van der Waals surface area contributed by atoms with Crippen molar-refractivity contribution in [2.45, 2.75) is 100 Å². The standard InChI is InChI=1S/C24H32O6S/c1-6-16(31-5)27-20-22(11(2)3)17(29-22)18-24(30-18)21(4)8-7-12-13(10-26-19(12)25)14(21)9-15-23(20,24)28-15/h11,14-18,20H,6-10H2,1-5H3/t14-,15-,16?,17-,18-,20+,21-,22-,23+,24+/m0/s1. The van der Waals surface area contributed by atoms with E-state index in [2.05, 4.69) is 34.0 Å². The van der Waals surface area contributed by atoms with E-state index in [1.807, 2.05) is 0 Å². The van der Waals surface area contributed by atoms with Gasteiger partial charge >= 0.3 is 5.97 Å². The molecule has 3 aliphatic carbocycles. The molecule has 170 valence electrons. The zero-order valence-electron chi connectivity index (χ0n) is 18.9. The van der Waals surface area contributed by atoms with Crippen molar-refractivity contribution in [2.24, 2.45) is 17.3 Å². The number of epoxide rings is 3. The molecule has 0 bridgehead atoms. The first-order valence-corrected chi connectivity index (χ1v) is 13.2. The van der Waals surface area contributed by atoms with Crippen LogP contribution in [0, 0.1) is 17.3 Å². The lowest BCUT2D eigenvalue weighted by molar-refractivity contribution is -0.136. The minimum Gasteiger partial charge on any atom is -0.458 e. The lowest BCUT2D eigenvalue weighted by Crippen LogP contribution is -2.70. The zero-order valence-corrected chi connectivity index (χ0v) is 19.8. The number of thioether (sulfide) groups is 1. The highest BCUT2D eigenvalue weighted by Gasteiger charge is 3.00. The fourth-order valence-electron chi connectivity index (χ4n) is 8.34. The Labute approximate surface area is 187 Å². The molecular formula is C24H32O6S. The van der Waals surface area contributed by atoms with Crippen LogP contribution in [-0.4, -0.2) is 65.5 Å². The SMILES string of the molecule is CCC(O[C@@H]1[C@@]2(C(C)C)O[C@H]2[C@@H]2O[C@]23[C@]12O[C@H]2C[C@H]1C2=C(CC[C@@]13C)C(=O)OC2)SC. The van der Waals surface area contributed by atoms with Gasteiger partial charge in [-0.3, -0.25) is 0 Å². The molecule has 5 fully saturated rings. The largest absolute Gasteiger partial charge is 0.458 e. The van der Waals surface area contributed by atoms with Crippen molar-refractivity contribution in [1.29, 1.82) is 0 Å². The van der Waals surface area contributed by atoms with Crippen LogP contribution in [0.25, 0.3) is 0 Å². The Balaban J connectivity index is 1.35. The van der Waals surface area contributed by atoms with Crippen LogP contribution < -0.4 is 0 Å². The van der Waals surface area contributed by atoms with E-state index in [0.29, 0.717) is 12.5 Å². The Bertz CT molecular complexity index is 914. The van der Waals surface area contributed by atoms with E-state index >= 15 is 0 Å². The summed E-state index contributed by atoms with van der Waals surface area (Å²) in [5, 5.41) is 0. The van der Waals surface area contributed by atoms with Crippen molar-refractivity contribution in [1.82, 2.24) is 0 Å². The number of carbonyl (C=O) groups excluding carboxylic acids is 1. The average molecular weight is 449 g/mol. The Kier molecular flexibility index (Phi) is 3.66. The average Bonchev–Trinajstić information content (AvgIpc) is 3.64. The van der Waals surface area contributed by atoms with E-state index in [1.54, 1.807) is 11.8 Å². The molecule has 0 radical (unpaired) electrons. The maximum atomic E-state index is 12.3. The predicted molar refractivity (Wildman–Crippen MR) is 114 cm³/mol. The minimum atomic E-state index is -0.440. The summed E-state index contributed by atoms with van der Waals surface area (Å²) in [5.41, 5.74) is 0.984. The first-order valence-electron chi connectivity index (χ1n) is 11.9. The van der Waals surface area contributed by atoms with Gasteiger partial charge in [0.2, 0.25) is 0 Å². The lowest BCUT2D eigenvalue weighted by Gasteiger charge is -2.54. The molecular weight excluding hydrogens is 416 g/mol. The zero-order chi connectivity index (χ0) is 21.6. The van der Waals surface area contributed by atoms with Crippen LogP contribution in [0.4, 0.5) is 0 Å². The van der Waals surface area contributed by atoms with E-state index in [4.69, 9.17) is 23.7 Å². The van der Waals surface area contributed by atoms with Gasteiger partial charge in [-0.15, -0.1) is 11.8 Å². The molecule has 6 nitrogen and oxygen atoms in total. The summed E-state index contributed by atoms with van der Waals surface area (Å²) < 4.78 is 32.4. The fraction of sp³-hybridized carbons (Fsp3) is 0.875. The molecule has 31 heavy (non-hydrogen) atoms. The number of ether oxygens (including phenoxy) is 5. The first-order chi connectivity index (χ1) is 14.8. The van der Waals surface area contributed by atoms with E-state index < -0.39 is 11.2 Å². The summed E-state index contributed by atoms with van der Waals surface area (Å²) in [6, 6.07) is 0. The minimum absolute atomic E-state index is 0.0575. The van der Waals surface area contributed by atoms with Crippen molar-refractivity contribution >= 4 is 17.7 Å². The third-order valence-electron chi connectivity index (χ3n) is 9.95. The number of esters is 1. The highest BCUT2D eigenvalue weighted by Crippen LogP contribution is 2.83. The summed E-state index contributed by atoms with van der Waals surface area (Å²) >= 11 is 1.76. The Morgan fingerprint density at radius 3 is 2.74 bits per heavy atom. The topological polar surface area (TPSA) is 73.1 Å². The van der Waals surface area contributed by atoms with Gasteiger partial charge in [-0.2, -0.15) is 0 Å². The normalized spacial score (nSPS) is 55.9. The summed E-state index contributed by atoms with van der Waals surface area (Å²) in [6.07, 6.45) is 5.76. The molecule has 3 saturated heterocycles. The van der Waals surface area contributed by atoms with Crippen molar-refractivity contribution in [3.63, 3.8) is 0 Å². The highest BCUT2D eigenvalue weighted by atomic mass is 32.2. The van der Waals surface area contributed by atoms with Crippen molar-refractivity contribution in [3.8, 4) is 0 Å². The second-order valence-corrected chi connectivity index (χ2v) is 12.1. The monoisotopic (exact) mass is 448 g/mol. The van der Waals surface area contributed by atoms with Gasteiger partial charge in [0, 0.05) is 11.0 Å². The van der Waals surface area contributed by atoms with Crippen LogP contribution >= 0.6 is 11.8 Å².